The minimum atomic E-state index is -0.403. The van der Waals surface area contributed by atoms with Gasteiger partial charge in [0.2, 0.25) is 0 Å². The largest absolute Gasteiger partial charge is 0.480 e. The number of hydrogen-bond donors (Lipinski definition) is 1. The third-order valence-electron chi connectivity index (χ3n) is 3.69. The molecule has 2 atom stereocenters. The van der Waals surface area contributed by atoms with Gasteiger partial charge in [-0.2, -0.15) is 0 Å². The lowest BCUT2D eigenvalue weighted by atomic mass is 10.1. The zero-order valence-corrected chi connectivity index (χ0v) is 11.0. The molecule has 2 unspecified atom stereocenters. The summed E-state index contributed by atoms with van der Waals surface area (Å²) < 4.78 is 5.65. The van der Waals surface area contributed by atoms with E-state index in [1.165, 1.54) is 12.8 Å². The minimum absolute atomic E-state index is 0.0123. The molecule has 18 heavy (non-hydrogen) atoms. The van der Waals surface area contributed by atoms with Crippen molar-refractivity contribution in [2.24, 2.45) is 5.92 Å². The van der Waals surface area contributed by atoms with Crippen LogP contribution in [0.4, 0.5) is 0 Å². The topological polar surface area (TPSA) is 38.3 Å². The summed E-state index contributed by atoms with van der Waals surface area (Å²) in [4.78, 5) is 12.1. The van der Waals surface area contributed by atoms with Crippen LogP contribution in [0.25, 0.3) is 0 Å². The molecule has 1 amide bonds. The Hall–Kier alpha value is -1.22. The van der Waals surface area contributed by atoms with Gasteiger partial charge in [-0.05, 0) is 49.4 Å². The van der Waals surface area contributed by atoms with Crippen LogP contribution in [0.2, 0.25) is 5.02 Å². The first-order valence-corrected chi connectivity index (χ1v) is 6.77. The Morgan fingerprint density at radius 2 is 2.28 bits per heavy atom. The highest BCUT2D eigenvalue weighted by molar-refractivity contribution is 6.30. The lowest BCUT2D eigenvalue weighted by Crippen LogP contribution is -2.42. The van der Waals surface area contributed by atoms with Crippen LogP contribution in [0.1, 0.15) is 25.3 Å². The zero-order chi connectivity index (χ0) is 12.7. The molecule has 1 aliphatic carbocycles. The Morgan fingerprint density at radius 3 is 3.00 bits per heavy atom. The lowest BCUT2D eigenvalue weighted by Gasteiger charge is -2.16. The molecular weight excluding hydrogens is 250 g/mol. The molecular formula is C14H16ClNO2. The standard InChI is InChI=1S/C14H16ClNO2/c1-8(9-2-3-9)16-14(17)13-7-10-6-11(15)4-5-12(10)18-13/h4-6,8-9,13H,2-3,7H2,1H3,(H,16,17). The number of nitrogens with one attached hydrogen (secondary N) is 1. The quantitative estimate of drug-likeness (QED) is 0.912. The summed E-state index contributed by atoms with van der Waals surface area (Å²) in [5.41, 5.74) is 1.02. The Morgan fingerprint density at radius 1 is 1.50 bits per heavy atom. The molecule has 1 aliphatic heterocycles. The van der Waals surface area contributed by atoms with E-state index in [1.54, 1.807) is 6.07 Å². The predicted molar refractivity (Wildman–Crippen MR) is 69.9 cm³/mol. The third-order valence-corrected chi connectivity index (χ3v) is 3.92. The van der Waals surface area contributed by atoms with Gasteiger partial charge in [0.05, 0.1) is 0 Å². The number of fused-ring (bicyclic) bond motifs is 1. The van der Waals surface area contributed by atoms with Crippen LogP contribution in [0.3, 0.4) is 0 Å². The number of carbonyl (C=O) groups excluding carboxylic acids is 1. The van der Waals surface area contributed by atoms with Gasteiger partial charge in [0, 0.05) is 17.5 Å². The summed E-state index contributed by atoms with van der Waals surface area (Å²) >= 11 is 5.93. The van der Waals surface area contributed by atoms with Gasteiger partial charge < -0.3 is 10.1 Å². The maximum Gasteiger partial charge on any atom is 0.261 e. The van der Waals surface area contributed by atoms with Crippen molar-refractivity contribution in [3.05, 3.63) is 28.8 Å². The number of amides is 1. The molecule has 1 aromatic rings. The van der Waals surface area contributed by atoms with Crippen LogP contribution < -0.4 is 10.1 Å². The Kier molecular flexibility index (Phi) is 2.94. The van der Waals surface area contributed by atoms with Crippen molar-refractivity contribution in [1.29, 1.82) is 0 Å². The van der Waals surface area contributed by atoms with Gasteiger partial charge >= 0.3 is 0 Å². The fraction of sp³-hybridized carbons (Fsp3) is 0.500. The lowest BCUT2D eigenvalue weighted by molar-refractivity contribution is -0.128. The zero-order valence-electron chi connectivity index (χ0n) is 10.3. The molecule has 0 aromatic heterocycles. The average molecular weight is 266 g/mol. The van der Waals surface area contributed by atoms with Gasteiger partial charge in [-0.25, -0.2) is 0 Å². The normalized spacial score (nSPS) is 23.1. The smallest absolute Gasteiger partial charge is 0.261 e. The van der Waals surface area contributed by atoms with E-state index in [0.29, 0.717) is 17.4 Å². The highest BCUT2D eigenvalue weighted by Crippen LogP contribution is 2.33. The van der Waals surface area contributed by atoms with E-state index < -0.39 is 6.10 Å². The maximum atomic E-state index is 12.1. The van der Waals surface area contributed by atoms with Crippen molar-refractivity contribution in [3.63, 3.8) is 0 Å². The summed E-state index contributed by atoms with van der Waals surface area (Å²) in [5.74, 6) is 1.42. The van der Waals surface area contributed by atoms with Gasteiger partial charge in [-0.15, -0.1) is 0 Å². The SMILES string of the molecule is CC(NC(=O)C1Cc2cc(Cl)ccc2O1)C1CC1. The number of hydrogen-bond acceptors (Lipinski definition) is 2. The molecule has 2 aliphatic rings. The van der Waals surface area contributed by atoms with Gasteiger partial charge in [0.15, 0.2) is 6.10 Å². The molecule has 1 heterocycles. The highest BCUT2D eigenvalue weighted by Gasteiger charge is 2.33. The number of rotatable bonds is 3. The van der Waals surface area contributed by atoms with E-state index in [9.17, 15) is 4.79 Å². The molecule has 4 heteroatoms. The van der Waals surface area contributed by atoms with E-state index >= 15 is 0 Å². The predicted octanol–water partition coefficient (Wildman–Crippen LogP) is 2.56. The Labute approximate surface area is 111 Å². The van der Waals surface area contributed by atoms with E-state index in [4.69, 9.17) is 16.3 Å². The number of benzene rings is 1. The second-order valence-corrected chi connectivity index (χ2v) is 5.63. The van der Waals surface area contributed by atoms with E-state index in [0.717, 1.165) is 11.3 Å². The monoisotopic (exact) mass is 265 g/mol. The van der Waals surface area contributed by atoms with Crippen LogP contribution >= 0.6 is 11.6 Å². The van der Waals surface area contributed by atoms with Crippen LogP contribution in [-0.2, 0) is 11.2 Å². The van der Waals surface area contributed by atoms with Gasteiger partial charge in [-0.1, -0.05) is 11.6 Å². The molecule has 0 spiro atoms. The molecule has 3 nitrogen and oxygen atoms in total. The van der Waals surface area contributed by atoms with Gasteiger partial charge in [0.25, 0.3) is 5.91 Å². The second-order valence-electron chi connectivity index (χ2n) is 5.20. The summed E-state index contributed by atoms with van der Waals surface area (Å²) in [6, 6.07) is 5.74. The Bertz CT molecular complexity index is 485. The molecule has 1 fully saturated rings. The number of halogens is 1. The Balaban J connectivity index is 1.64. The van der Waals surface area contributed by atoms with Gasteiger partial charge in [-0.3, -0.25) is 4.79 Å². The van der Waals surface area contributed by atoms with Crippen molar-refractivity contribution in [1.82, 2.24) is 5.32 Å². The van der Waals surface area contributed by atoms with Crippen LogP contribution in [0.5, 0.6) is 5.75 Å². The molecule has 0 bridgehead atoms. The summed E-state index contributed by atoms with van der Waals surface area (Å²) in [6.07, 6.45) is 2.66. The van der Waals surface area contributed by atoms with Crippen molar-refractivity contribution in [3.8, 4) is 5.75 Å². The number of carbonyl (C=O) groups is 1. The summed E-state index contributed by atoms with van der Waals surface area (Å²) in [6.45, 7) is 2.06. The molecule has 1 N–H and O–H groups in total. The molecule has 3 rings (SSSR count). The average Bonchev–Trinajstić information content (AvgIpc) is 3.09. The molecule has 1 aromatic carbocycles. The molecule has 1 saturated carbocycles. The van der Waals surface area contributed by atoms with Crippen molar-refractivity contribution >= 4 is 17.5 Å². The van der Waals surface area contributed by atoms with Crippen LogP contribution in [0, 0.1) is 5.92 Å². The maximum absolute atomic E-state index is 12.1. The van der Waals surface area contributed by atoms with Crippen LogP contribution in [0.15, 0.2) is 18.2 Å². The van der Waals surface area contributed by atoms with E-state index in [1.807, 2.05) is 12.1 Å². The summed E-state index contributed by atoms with van der Waals surface area (Å²) in [7, 11) is 0. The van der Waals surface area contributed by atoms with Crippen molar-refractivity contribution in [2.45, 2.75) is 38.3 Å². The molecule has 0 saturated heterocycles. The first-order chi connectivity index (χ1) is 8.63. The minimum Gasteiger partial charge on any atom is -0.480 e. The van der Waals surface area contributed by atoms with Gasteiger partial charge in [0.1, 0.15) is 5.75 Å². The third kappa shape index (κ3) is 2.32. The fourth-order valence-electron chi connectivity index (χ4n) is 2.39. The van der Waals surface area contributed by atoms with Crippen molar-refractivity contribution in [2.75, 3.05) is 0 Å². The van der Waals surface area contributed by atoms with E-state index in [2.05, 4.69) is 12.2 Å². The van der Waals surface area contributed by atoms with Crippen LogP contribution in [-0.4, -0.2) is 18.1 Å². The first kappa shape index (κ1) is 11.8. The fourth-order valence-corrected chi connectivity index (χ4v) is 2.59. The second kappa shape index (κ2) is 4.47. The summed E-state index contributed by atoms with van der Waals surface area (Å²) in [5, 5.41) is 3.72. The molecule has 0 radical (unpaired) electrons. The molecule has 96 valence electrons. The van der Waals surface area contributed by atoms with E-state index in [-0.39, 0.29) is 11.9 Å². The highest BCUT2D eigenvalue weighted by atomic mass is 35.5. The first-order valence-electron chi connectivity index (χ1n) is 6.39. The van der Waals surface area contributed by atoms with Crippen molar-refractivity contribution < 1.29 is 9.53 Å². The number of ether oxygens (including phenoxy) is 1.